The molecule has 1 aromatic heterocycles. The van der Waals surface area contributed by atoms with Gasteiger partial charge in [-0.05, 0) is 41.0 Å². The molecule has 1 fully saturated rings. The fraction of sp³-hybridized carbons (Fsp3) is 0.241. The van der Waals surface area contributed by atoms with E-state index in [4.69, 9.17) is 0 Å². The van der Waals surface area contributed by atoms with Crippen molar-refractivity contribution in [3.05, 3.63) is 95.3 Å². The van der Waals surface area contributed by atoms with Crippen molar-refractivity contribution >= 4 is 35.5 Å². The average molecular weight is 525 g/mol. The van der Waals surface area contributed by atoms with Gasteiger partial charge < -0.3 is 10.2 Å². The molecule has 200 valence electrons. The van der Waals surface area contributed by atoms with E-state index in [1.165, 1.54) is 6.92 Å². The van der Waals surface area contributed by atoms with E-state index in [-0.39, 0.29) is 17.9 Å². The SMILES string of the molecule is CC(=O)Nc1cccc(/C=C/c2ccnc(C(=O)N3CCN(C(C4=NNN(C)N4)c4ccccc4)CC3)c2)c1. The summed E-state index contributed by atoms with van der Waals surface area (Å²) >= 11 is 0. The predicted octanol–water partition coefficient (Wildman–Crippen LogP) is 2.98. The second-order valence-corrected chi connectivity index (χ2v) is 9.52. The number of carbonyl (C=O) groups excluding carboxylic acids is 2. The number of hydrazine groups is 2. The highest BCUT2D eigenvalue weighted by atomic mass is 16.2. The van der Waals surface area contributed by atoms with E-state index in [0.29, 0.717) is 31.9 Å². The lowest BCUT2D eigenvalue weighted by molar-refractivity contribution is -0.114. The molecule has 3 N–H and O–H groups in total. The molecular formula is C29H32N8O2. The summed E-state index contributed by atoms with van der Waals surface area (Å²) in [4.78, 5) is 33.2. The Balaban J connectivity index is 1.24. The van der Waals surface area contributed by atoms with Crippen LogP contribution in [0.1, 0.15) is 40.1 Å². The van der Waals surface area contributed by atoms with E-state index in [1.54, 1.807) is 11.3 Å². The van der Waals surface area contributed by atoms with E-state index in [0.717, 1.165) is 28.2 Å². The number of amidine groups is 1. The van der Waals surface area contributed by atoms with E-state index in [1.807, 2.05) is 78.7 Å². The van der Waals surface area contributed by atoms with Crippen LogP contribution in [0.2, 0.25) is 0 Å². The maximum Gasteiger partial charge on any atom is 0.272 e. The Bertz CT molecular complexity index is 1380. The van der Waals surface area contributed by atoms with Gasteiger partial charge in [-0.25, -0.2) is 5.53 Å². The number of hydrogen-bond donors (Lipinski definition) is 3. The largest absolute Gasteiger partial charge is 0.335 e. The summed E-state index contributed by atoms with van der Waals surface area (Å²) in [6.45, 7) is 4.09. The second kappa shape index (κ2) is 11.9. The number of amides is 2. The molecule has 0 saturated carbocycles. The van der Waals surface area contributed by atoms with Crippen LogP contribution in [0, 0.1) is 0 Å². The molecule has 3 heterocycles. The van der Waals surface area contributed by atoms with Crippen LogP contribution in [0.3, 0.4) is 0 Å². The highest BCUT2D eigenvalue weighted by Gasteiger charge is 2.33. The topological polar surface area (TPSA) is 105 Å². The highest BCUT2D eigenvalue weighted by molar-refractivity contribution is 5.93. The number of aromatic nitrogens is 1. The van der Waals surface area contributed by atoms with Crippen LogP contribution in [0.5, 0.6) is 0 Å². The molecule has 2 aliphatic heterocycles. The molecule has 0 bridgehead atoms. The number of benzene rings is 2. The van der Waals surface area contributed by atoms with Gasteiger partial charge in [-0.15, -0.1) is 10.2 Å². The van der Waals surface area contributed by atoms with Gasteiger partial charge in [0.2, 0.25) is 5.91 Å². The monoisotopic (exact) mass is 524 g/mol. The first-order valence-electron chi connectivity index (χ1n) is 12.9. The molecule has 0 radical (unpaired) electrons. The molecule has 1 unspecified atom stereocenters. The van der Waals surface area contributed by atoms with Gasteiger partial charge in [0.15, 0.2) is 5.84 Å². The smallest absolute Gasteiger partial charge is 0.272 e. The lowest BCUT2D eigenvalue weighted by Crippen LogP contribution is -2.52. The number of nitrogens with zero attached hydrogens (tertiary/aromatic N) is 5. The predicted molar refractivity (Wildman–Crippen MR) is 152 cm³/mol. The normalized spacial score (nSPS) is 16.9. The van der Waals surface area contributed by atoms with Crippen LogP contribution < -0.4 is 16.3 Å². The zero-order valence-corrected chi connectivity index (χ0v) is 22.0. The Labute approximate surface area is 228 Å². The minimum absolute atomic E-state index is 0.0448. The summed E-state index contributed by atoms with van der Waals surface area (Å²) in [5, 5.41) is 8.97. The minimum atomic E-state index is -0.113. The number of hydrazone groups is 1. The number of pyridine rings is 1. The van der Waals surface area contributed by atoms with Crippen LogP contribution in [0.15, 0.2) is 78.0 Å². The Morgan fingerprint density at radius 1 is 0.949 bits per heavy atom. The number of hydrogen-bond acceptors (Lipinski definition) is 8. The van der Waals surface area contributed by atoms with Gasteiger partial charge in [0, 0.05) is 52.0 Å². The summed E-state index contributed by atoms with van der Waals surface area (Å²) in [6, 6.07) is 21.5. The Hall–Kier alpha value is -4.54. The van der Waals surface area contributed by atoms with Crippen molar-refractivity contribution in [1.29, 1.82) is 0 Å². The second-order valence-electron chi connectivity index (χ2n) is 9.52. The maximum absolute atomic E-state index is 13.3. The number of rotatable bonds is 7. The molecule has 10 heteroatoms. The first-order valence-corrected chi connectivity index (χ1v) is 12.9. The van der Waals surface area contributed by atoms with Gasteiger partial charge >= 0.3 is 0 Å². The number of carbonyl (C=O) groups is 2. The molecule has 1 atom stereocenters. The third-order valence-corrected chi connectivity index (χ3v) is 6.62. The average Bonchev–Trinajstić information content (AvgIpc) is 3.38. The van der Waals surface area contributed by atoms with Crippen molar-refractivity contribution in [2.75, 3.05) is 38.5 Å². The van der Waals surface area contributed by atoms with E-state index in [9.17, 15) is 9.59 Å². The van der Waals surface area contributed by atoms with Crippen molar-refractivity contribution in [3.63, 3.8) is 0 Å². The summed E-state index contributed by atoms with van der Waals surface area (Å²) in [5.74, 6) is 0.636. The van der Waals surface area contributed by atoms with Crippen molar-refractivity contribution in [2.24, 2.45) is 5.10 Å². The fourth-order valence-electron chi connectivity index (χ4n) is 4.78. The molecule has 3 aromatic rings. The van der Waals surface area contributed by atoms with Crippen molar-refractivity contribution in [2.45, 2.75) is 13.0 Å². The summed E-state index contributed by atoms with van der Waals surface area (Å²) in [7, 11) is 1.87. The lowest BCUT2D eigenvalue weighted by Gasteiger charge is -2.39. The summed E-state index contributed by atoms with van der Waals surface area (Å²) in [6.07, 6.45) is 5.55. The Morgan fingerprint density at radius 2 is 1.69 bits per heavy atom. The molecular weight excluding hydrogens is 492 g/mol. The van der Waals surface area contributed by atoms with Gasteiger partial charge in [0.25, 0.3) is 5.91 Å². The van der Waals surface area contributed by atoms with Crippen molar-refractivity contribution in [1.82, 2.24) is 30.9 Å². The third kappa shape index (κ3) is 6.49. The molecule has 10 nitrogen and oxygen atoms in total. The van der Waals surface area contributed by atoms with Gasteiger partial charge in [-0.2, -0.15) is 0 Å². The zero-order valence-electron chi connectivity index (χ0n) is 22.0. The molecule has 0 spiro atoms. The first-order chi connectivity index (χ1) is 19.0. The summed E-state index contributed by atoms with van der Waals surface area (Å²) < 4.78 is 0. The third-order valence-electron chi connectivity index (χ3n) is 6.62. The summed E-state index contributed by atoms with van der Waals surface area (Å²) in [5.41, 5.74) is 10.3. The number of anilines is 1. The highest BCUT2D eigenvalue weighted by Crippen LogP contribution is 2.25. The molecule has 2 aliphatic rings. The van der Waals surface area contributed by atoms with E-state index >= 15 is 0 Å². The molecule has 39 heavy (non-hydrogen) atoms. The van der Waals surface area contributed by atoms with Crippen molar-refractivity contribution < 1.29 is 9.59 Å². The molecule has 2 amide bonds. The van der Waals surface area contributed by atoms with Gasteiger partial charge in [-0.3, -0.25) is 24.9 Å². The van der Waals surface area contributed by atoms with E-state index < -0.39 is 0 Å². The van der Waals surface area contributed by atoms with Crippen LogP contribution >= 0.6 is 0 Å². The Kier molecular flexibility index (Phi) is 7.95. The standard InChI is InChI=1S/C29H32N8O2/c1-21(38)31-25-10-6-7-22(19-25)11-12-23-13-14-30-26(20-23)29(39)37-17-15-36(16-18-37)27(24-8-4-3-5-9-24)28-32-34-35(2)33-28/h3-14,19-20,27,34H,15-18H2,1-2H3,(H,31,38)(H,32,33)/b12-11+. The van der Waals surface area contributed by atoms with Crippen LogP contribution in [-0.2, 0) is 4.79 Å². The number of nitrogens with one attached hydrogen (secondary N) is 3. The van der Waals surface area contributed by atoms with Gasteiger partial charge in [0.1, 0.15) is 5.69 Å². The minimum Gasteiger partial charge on any atom is -0.335 e. The fourth-order valence-corrected chi connectivity index (χ4v) is 4.78. The molecule has 2 aromatic carbocycles. The van der Waals surface area contributed by atoms with Crippen LogP contribution in [-0.4, -0.2) is 70.8 Å². The van der Waals surface area contributed by atoms with Gasteiger partial charge in [-0.1, -0.05) is 54.6 Å². The number of piperazine rings is 1. The molecule has 5 rings (SSSR count). The first kappa shape index (κ1) is 26.1. The lowest BCUT2D eigenvalue weighted by atomic mass is 10.0. The van der Waals surface area contributed by atoms with Crippen LogP contribution in [0.25, 0.3) is 12.2 Å². The quantitative estimate of drug-likeness (QED) is 0.437. The Morgan fingerprint density at radius 3 is 2.38 bits per heavy atom. The van der Waals surface area contributed by atoms with Crippen LogP contribution in [0.4, 0.5) is 5.69 Å². The zero-order chi connectivity index (χ0) is 27.2. The van der Waals surface area contributed by atoms with E-state index in [2.05, 4.69) is 43.4 Å². The molecule has 0 aliphatic carbocycles. The molecule has 1 saturated heterocycles. The van der Waals surface area contributed by atoms with Gasteiger partial charge in [0.05, 0.1) is 6.04 Å². The maximum atomic E-state index is 13.3. The van der Waals surface area contributed by atoms with Crippen molar-refractivity contribution in [3.8, 4) is 0 Å².